The Kier molecular flexibility index (Phi) is 4.03. The number of aromatic nitrogens is 1. The highest BCUT2D eigenvalue weighted by Gasteiger charge is 2.21. The lowest BCUT2D eigenvalue weighted by atomic mass is 9.95. The van der Waals surface area contributed by atoms with Crippen molar-refractivity contribution < 1.29 is 9.53 Å². The van der Waals surface area contributed by atoms with Crippen molar-refractivity contribution in [3.8, 4) is 0 Å². The number of hydrogen-bond acceptors (Lipinski definition) is 5. The van der Waals surface area contributed by atoms with Gasteiger partial charge in [-0.05, 0) is 6.92 Å². The Morgan fingerprint density at radius 2 is 2.50 bits per heavy atom. The van der Waals surface area contributed by atoms with E-state index in [2.05, 4.69) is 9.72 Å². The smallest absolute Gasteiger partial charge is 0.306 e. The maximum absolute atomic E-state index is 11.1. The van der Waals surface area contributed by atoms with Crippen LogP contribution in [0.3, 0.4) is 0 Å². The Balaban J connectivity index is 2.70. The number of nitrogens with zero attached hydrogens (tertiary/aromatic N) is 1. The molecule has 14 heavy (non-hydrogen) atoms. The van der Waals surface area contributed by atoms with Gasteiger partial charge in [0.1, 0.15) is 0 Å². The van der Waals surface area contributed by atoms with Crippen LogP contribution in [0.2, 0.25) is 0 Å². The fourth-order valence-electron chi connectivity index (χ4n) is 1.23. The third-order valence-corrected chi connectivity index (χ3v) is 2.68. The molecule has 0 fully saturated rings. The summed E-state index contributed by atoms with van der Waals surface area (Å²) in [5.74, 6) is -0.297. The average Bonchev–Trinajstić information content (AvgIpc) is 2.65. The van der Waals surface area contributed by atoms with Crippen LogP contribution >= 0.6 is 11.3 Å². The second kappa shape index (κ2) is 5.07. The van der Waals surface area contributed by atoms with Gasteiger partial charge in [0.25, 0.3) is 0 Å². The predicted octanol–water partition coefficient (Wildman–Crippen LogP) is 1.14. The van der Waals surface area contributed by atoms with Gasteiger partial charge < -0.3 is 10.5 Å². The number of thiazole rings is 1. The number of carbonyl (C=O) groups is 1. The molecule has 0 radical (unpaired) electrons. The number of nitrogens with two attached hydrogens (primary N) is 1. The van der Waals surface area contributed by atoms with Crippen molar-refractivity contribution in [1.82, 2.24) is 4.98 Å². The van der Waals surface area contributed by atoms with Crippen LogP contribution in [0.15, 0.2) is 10.9 Å². The van der Waals surface area contributed by atoms with Crippen LogP contribution in [0.25, 0.3) is 0 Å². The van der Waals surface area contributed by atoms with Gasteiger partial charge in [-0.1, -0.05) is 0 Å². The SMILES string of the molecule is COC(=O)CC(c1cscn1)C(C)N. The quantitative estimate of drug-likeness (QED) is 0.763. The van der Waals surface area contributed by atoms with Gasteiger partial charge in [-0.25, -0.2) is 4.98 Å². The molecule has 1 aromatic heterocycles. The maximum atomic E-state index is 11.1. The van der Waals surface area contributed by atoms with Crippen molar-refractivity contribution in [2.45, 2.75) is 25.3 Å². The molecule has 0 aromatic carbocycles. The lowest BCUT2D eigenvalue weighted by Gasteiger charge is -2.17. The molecule has 0 bridgehead atoms. The minimum Gasteiger partial charge on any atom is -0.469 e. The number of rotatable bonds is 4. The molecule has 0 amide bonds. The second-order valence-electron chi connectivity index (χ2n) is 3.16. The van der Waals surface area contributed by atoms with E-state index in [1.54, 1.807) is 5.51 Å². The summed E-state index contributed by atoms with van der Waals surface area (Å²) in [6, 6.07) is -0.101. The first-order valence-electron chi connectivity index (χ1n) is 4.35. The Bertz CT molecular complexity index is 285. The van der Waals surface area contributed by atoms with Crippen molar-refractivity contribution in [3.63, 3.8) is 0 Å². The first-order chi connectivity index (χ1) is 6.65. The average molecular weight is 214 g/mol. The molecule has 0 aliphatic rings. The zero-order chi connectivity index (χ0) is 10.6. The zero-order valence-corrected chi connectivity index (χ0v) is 9.08. The van der Waals surface area contributed by atoms with E-state index in [0.29, 0.717) is 0 Å². The monoisotopic (exact) mass is 214 g/mol. The van der Waals surface area contributed by atoms with E-state index in [9.17, 15) is 4.79 Å². The lowest BCUT2D eigenvalue weighted by molar-refractivity contribution is -0.141. The summed E-state index contributed by atoms with van der Waals surface area (Å²) >= 11 is 1.50. The van der Waals surface area contributed by atoms with E-state index < -0.39 is 0 Å². The number of hydrogen-bond donors (Lipinski definition) is 1. The molecule has 2 unspecified atom stereocenters. The fourth-order valence-corrected chi connectivity index (χ4v) is 1.85. The predicted molar refractivity (Wildman–Crippen MR) is 55.1 cm³/mol. The summed E-state index contributed by atoms with van der Waals surface area (Å²) in [5.41, 5.74) is 8.40. The van der Waals surface area contributed by atoms with E-state index in [0.717, 1.165) is 5.69 Å². The van der Waals surface area contributed by atoms with Crippen LogP contribution in [0, 0.1) is 0 Å². The van der Waals surface area contributed by atoms with Crippen molar-refractivity contribution in [3.05, 3.63) is 16.6 Å². The third kappa shape index (κ3) is 2.78. The standard InChI is InChI=1S/C9H14N2O2S/c1-6(10)7(3-9(12)13-2)8-4-14-5-11-8/h4-7H,3,10H2,1-2H3. The molecular weight excluding hydrogens is 200 g/mol. The van der Waals surface area contributed by atoms with Crippen molar-refractivity contribution in [1.29, 1.82) is 0 Å². The van der Waals surface area contributed by atoms with Gasteiger partial charge in [0, 0.05) is 17.3 Å². The molecule has 1 heterocycles. The topological polar surface area (TPSA) is 65.2 Å². The fraction of sp³-hybridized carbons (Fsp3) is 0.556. The van der Waals surface area contributed by atoms with Crippen LogP contribution in [0.5, 0.6) is 0 Å². The lowest BCUT2D eigenvalue weighted by Crippen LogP contribution is -2.27. The van der Waals surface area contributed by atoms with E-state index in [4.69, 9.17) is 5.73 Å². The highest BCUT2D eigenvalue weighted by atomic mass is 32.1. The first-order valence-corrected chi connectivity index (χ1v) is 5.30. The summed E-state index contributed by atoms with van der Waals surface area (Å²) in [6.07, 6.45) is 0.290. The van der Waals surface area contributed by atoms with Gasteiger partial charge >= 0.3 is 5.97 Å². The Labute approximate surface area is 87.1 Å². The normalized spacial score (nSPS) is 14.8. The molecule has 0 spiro atoms. The van der Waals surface area contributed by atoms with E-state index in [1.807, 2.05) is 12.3 Å². The van der Waals surface area contributed by atoms with Crippen LogP contribution in [0.1, 0.15) is 25.0 Å². The van der Waals surface area contributed by atoms with Crippen LogP contribution < -0.4 is 5.73 Å². The van der Waals surface area contributed by atoms with Crippen LogP contribution in [-0.2, 0) is 9.53 Å². The molecule has 0 aliphatic heterocycles. The molecule has 78 valence electrons. The second-order valence-corrected chi connectivity index (χ2v) is 3.88. The highest BCUT2D eigenvalue weighted by Crippen LogP contribution is 2.22. The van der Waals surface area contributed by atoms with E-state index in [1.165, 1.54) is 18.4 Å². The largest absolute Gasteiger partial charge is 0.469 e. The Morgan fingerprint density at radius 1 is 1.79 bits per heavy atom. The summed E-state index contributed by atoms with van der Waals surface area (Å²) in [7, 11) is 1.38. The van der Waals surface area contributed by atoms with Gasteiger partial charge in [-0.2, -0.15) is 0 Å². The molecule has 4 nitrogen and oxygen atoms in total. The van der Waals surface area contributed by atoms with E-state index in [-0.39, 0.29) is 24.3 Å². The van der Waals surface area contributed by atoms with Crippen LogP contribution in [0.4, 0.5) is 0 Å². The minimum atomic E-state index is -0.250. The highest BCUT2D eigenvalue weighted by molar-refractivity contribution is 7.07. The van der Waals surface area contributed by atoms with Crippen molar-refractivity contribution in [2.24, 2.45) is 5.73 Å². The van der Waals surface area contributed by atoms with Crippen molar-refractivity contribution >= 4 is 17.3 Å². The maximum Gasteiger partial charge on any atom is 0.306 e. The minimum absolute atomic E-state index is 0.0475. The van der Waals surface area contributed by atoms with Gasteiger partial charge in [-0.3, -0.25) is 4.79 Å². The zero-order valence-electron chi connectivity index (χ0n) is 8.27. The molecular formula is C9H14N2O2S. The van der Waals surface area contributed by atoms with Gasteiger partial charge in [0.05, 0.1) is 24.7 Å². The molecule has 1 rings (SSSR count). The van der Waals surface area contributed by atoms with Gasteiger partial charge in [0.2, 0.25) is 0 Å². The summed E-state index contributed by atoms with van der Waals surface area (Å²) in [5, 5.41) is 1.91. The van der Waals surface area contributed by atoms with Gasteiger partial charge in [0.15, 0.2) is 0 Å². The third-order valence-electron chi connectivity index (χ3n) is 2.08. The molecule has 1 aromatic rings. The molecule has 0 saturated carbocycles. The number of ether oxygens (including phenoxy) is 1. The molecule has 5 heteroatoms. The Morgan fingerprint density at radius 3 is 2.93 bits per heavy atom. The summed E-state index contributed by atoms with van der Waals surface area (Å²) in [4.78, 5) is 15.3. The van der Waals surface area contributed by atoms with Crippen LogP contribution in [-0.4, -0.2) is 24.1 Å². The molecule has 0 aliphatic carbocycles. The number of methoxy groups -OCH3 is 1. The molecule has 2 N–H and O–H groups in total. The number of esters is 1. The molecule has 0 saturated heterocycles. The summed E-state index contributed by atoms with van der Waals surface area (Å²) < 4.78 is 4.61. The first kappa shape index (κ1) is 11.1. The number of carbonyl (C=O) groups excluding carboxylic acids is 1. The molecule has 2 atom stereocenters. The van der Waals surface area contributed by atoms with Crippen molar-refractivity contribution in [2.75, 3.05) is 7.11 Å². The van der Waals surface area contributed by atoms with Gasteiger partial charge in [-0.15, -0.1) is 11.3 Å². The Hall–Kier alpha value is -0.940. The van der Waals surface area contributed by atoms with E-state index >= 15 is 0 Å². The summed E-state index contributed by atoms with van der Waals surface area (Å²) in [6.45, 7) is 1.87.